The highest BCUT2D eigenvalue weighted by molar-refractivity contribution is 5.65. The average Bonchev–Trinajstić information content (AvgIpc) is 2.93. The Kier molecular flexibility index (Phi) is 10.0. The van der Waals surface area contributed by atoms with E-state index >= 15 is 4.39 Å². The summed E-state index contributed by atoms with van der Waals surface area (Å²) in [6, 6.07) is 14.1. The van der Waals surface area contributed by atoms with Gasteiger partial charge >= 0.3 is 0 Å². The summed E-state index contributed by atoms with van der Waals surface area (Å²) in [7, 11) is 0. The van der Waals surface area contributed by atoms with E-state index in [1.54, 1.807) is 36.4 Å². The van der Waals surface area contributed by atoms with Crippen LogP contribution >= 0.6 is 0 Å². The third kappa shape index (κ3) is 6.68. The molecule has 0 aliphatic heterocycles. The summed E-state index contributed by atoms with van der Waals surface area (Å²) in [6.45, 7) is 4.27. The summed E-state index contributed by atoms with van der Waals surface area (Å²) in [5, 5.41) is 0. The van der Waals surface area contributed by atoms with Gasteiger partial charge in [-0.1, -0.05) is 88.1 Å². The quantitative estimate of drug-likeness (QED) is 0.173. The Balaban J connectivity index is 1.38. The largest absolute Gasteiger partial charge is 0.203 e. The highest BCUT2D eigenvalue weighted by atomic mass is 19.2. The van der Waals surface area contributed by atoms with E-state index in [4.69, 9.17) is 0 Å². The number of hydrogen-bond donors (Lipinski definition) is 0. The Morgan fingerprint density at radius 3 is 1.95 bits per heavy atom. The van der Waals surface area contributed by atoms with E-state index in [0.717, 1.165) is 56.4 Å². The Hall–Kier alpha value is -2.62. The van der Waals surface area contributed by atoms with E-state index in [2.05, 4.69) is 13.8 Å². The van der Waals surface area contributed by atoms with Crippen LogP contribution in [0.2, 0.25) is 0 Å². The first-order valence-electron chi connectivity index (χ1n) is 14.5. The summed E-state index contributed by atoms with van der Waals surface area (Å²) >= 11 is 0. The van der Waals surface area contributed by atoms with Gasteiger partial charge in [0.15, 0.2) is 23.3 Å². The Morgan fingerprint density at radius 1 is 0.605 bits per heavy atom. The molecule has 1 aliphatic rings. The fourth-order valence-corrected chi connectivity index (χ4v) is 5.98. The van der Waals surface area contributed by atoms with Crippen molar-refractivity contribution >= 4 is 0 Å². The highest BCUT2D eigenvalue weighted by Crippen LogP contribution is 2.39. The van der Waals surface area contributed by atoms with Crippen molar-refractivity contribution in [3.63, 3.8) is 0 Å². The molecular weight excluding hydrogens is 484 g/mol. The van der Waals surface area contributed by atoms with E-state index < -0.39 is 23.3 Å². The molecule has 3 aromatic rings. The first-order valence-corrected chi connectivity index (χ1v) is 14.5. The molecule has 4 rings (SSSR count). The Labute approximate surface area is 225 Å². The molecule has 0 aromatic heterocycles. The second kappa shape index (κ2) is 13.4. The lowest BCUT2D eigenvalue weighted by Gasteiger charge is -2.29. The minimum absolute atomic E-state index is 0.106. The molecule has 0 N–H and O–H groups in total. The molecular formula is C34H40F4. The number of rotatable bonds is 11. The lowest BCUT2D eigenvalue weighted by Crippen LogP contribution is -2.15. The Morgan fingerprint density at radius 2 is 1.26 bits per heavy atom. The molecule has 0 atom stereocenters. The van der Waals surface area contributed by atoms with Crippen molar-refractivity contribution in [2.24, 2.45) is 5.92 Å². The van der Waals surface area contributed by atoms with Gasteiger partial charge in [-0.2, -0.15) is 0 Å². The molecule has 0 heterocycles. The topological polar surface area (TPSA) is 0 Å². The molecule has 3 aromatic carbocycles. The van der Waals surface area contributed by atoms with Crippen LogP contribution < -0.4 is 0 Å². The van der Waals surface area contributed by atoms with Crippen molar-refractivity contribution in [3.8, 4) is 11.1 Å². The second-order valence-electron chi connectivity index (χ2n) is 11.0. The van der Waals surface area contributed by atoms with Crippen LogP contribution in [0.5, 0.6) is 0 Å². The molecule has 1 fully saturated rings. The SMILES string of the molecule is CCCCCc1ccc(-c2ccc(CCc3ccc(C4CCC(CCC)CC4)c(F)c3F)cc2)c(F)c1F. The lowest BCUT2D eigenvalue weighted by molar-refractivity contribution is 0.302. The molecule has 1 aliphatic carbocycles. The van der Waals surface area contributed by atoms with Crippen molar-refractivity contribution < 1.29 is 17.6 Å². The molecule has 0 bridgehead atoms. The number of hydrogen-bond acceptors (Lipinski definition) is 0. The van der Waals surface area contributed by atoms with Crippen molar-refractivity contribution in [2.75, 3.05) is 0 Å². The normalized spacial score (nSPS) is 17.6. The van der Waals surface area contributed by atoms with Crippen molar-refractivity contribution in [3.05, 3.63) is 94.1 Å². The zero-order valence-corrected chi connectivity index (χ0v) is 22.8. The first-order chi connectivity index (χ1) is 18.4. The molecule has 0 unspecified atom stereocenters. The van der Waals surface area contributed by atoms with Gasteiger partial charge in [-0.15, -0.1) is 0 Å². The standard InChI is InChI=1S/C34H40F4/c1-3-5-6-8-27-19-21-29(33(37)31(27)35)26-16-11-24(12-17-26)13-18-28-20-22-30(34(38)32(28)36)25-14-9-23(7-4-2)10-15-25/h11-12,16-17,19-23,25H,3-10,13-15,18H2,1-2H3. The van der Waals surface area contributed by atoms with Gasteiger partial charge in [-0.05, 0) is 91.0 Å². The third-order valence-electron chi connectivity index (χ3n) is 8.34. The number of aryl methyl sites for hydroxylation is 3. The van der Waals surface area contributed by atoms with Gasteiger partial charge in [0.05, 0.1) is 0 Å². The molecule has 0 nitrogen and oxygen atoms in total. The van der Waals surface area contributed by atoms with E-state index in [1.165, 1.54) is 12.8 Å². The molecule has 0 amide bonds. The van der Waals surface area contributed by atoms with E-state index in [0.29, 0.717) is 41.5 Å². The zero-order chi connectivity index (χ0) is 27.1. The molecule has 0 saturated heterocycles. The summed E-state index contributed by atoms with van der Waals surface area (Å²) in [6.07, 6.45) is 10.8. The summed E-state index contributed by atoms with van der Waals surface area (Å²) in [5.74, 6) is -2.17. The molecule has 0 spiro atoms. The van der Waals surface area contributed by atoms with Gasteiger partial charge in [0.1, 0.15) is 0 Å². The minimum atomic E-state index is -0.816. The van der Waals surface area contributed by atoms with Crippen LogP contribution in [0.4, 0.5) is 17.6 Å². The van der Waals surface area contributed by atoms with Gasteiger partial charge in [0.25, 0.3) is 0 Å². The van der Waals surface area contributed by atoms with Crippen LogP contribution in [-0.2, 0) is 19.3 Å². The first kappa shape index (κ1) is 28.4. The van der Waals surface area contributed by atoms with Gasteiger partial charge in [0.2, 0.25) is 0 Å². The van der Waals surface area contributed by atoms with E-state index in [9.17, 15) is 13.2 Å². The maximum absolute atomic E-state index is 15.0. The smallest absolute Gasteiger partial charge is 0.166 e. The fourth-order valence-electron chi connectivity index (χ4n) is 5.98. The average molecular weight is 525 g/mol. The zero-order valence-electron chi connectivity index (χ0n) is 22.8. The van der Waals surface area contributed by atoms with Crippen LogP contribution in [0.1, 0.15) is 99.8 Å². The monoisotopic (exact) mass is 524 g/mol. The number of halogens is 4. The summed E-state index contributed by atoms with van der Waals surface area (Å²) < 4.78 is 59.3. The number of benzene rings is 3. The van der Waals surface area contributed by atoms with E-state index in [1.807, 2.05) is 12.1 Å². The molecule has 4 heteroatoms. The van der Waals surface area contributed by atoms with E-state index in [-0.39, 0.29) is 11.5 Å². The lowest BCUT2D eigenvalue weighted by atomic mass is 9.77. The van der Waals surface area contributed by atoms with Gasteiger partial charge < -0.3 is 0 Å². The Bertz CT molecular complexity index is 1190. The fraction of sp³-hybridized carbons (Fsp3) is 0.471. The molecule has 1 saturated carbocycles. The maximum Gasteiger partial charge on any atom is 0.166 e. The van der Waals surface area contributed by atoms with Crippen LogP contribution in [0, 0.1) is 29.2 Å². The third-order valence-corrected chi connectivity index (χ3v) is 8.34. The van der Waals surface area contributed by atoms with Gasteiger partial charge in [0, 0.05) is 5.56 Å². The minimum Gasteiger partial charge on any atom is -0.203 e. The van der Waals surface area contributed by atoms with Crippen LogP contribution in [-0.4, -0.2) is 0 Å². The summed E-state index contributed by atoms with van der Waals surface area (Å²) in [5.41, 5.74) is 3.09. The van der Waals surface area contributed by atoms with Crippen LogP contribution in [0.15, 0.2) is 48.5 Å². The number of unbranched alkanes of at least 4 members (excludes halogenated alkanes) is 2. The maximum atomic E-state index is 15.0. The summed E-state index contributed by atoms with van der Waals surface area (Å²) in [4.78, 5) is 0. The molecule has 204 valence electrons. The second-order valence-corrected chi connectivity index (χ2v) is 11.0. The highest BCUT2D eigenvalue weighted by Gasteiger charge is 2.26. The van der Waals surface area contributed by atoms with Crippen molar-refractivity contribution in [1.29, 1.82) is 0 Å². The van der Waals surface area contributed by atoms with Gasteiger partial charge in [-0.25, -0.2) is 17.6 Å². The predicted molar refractivity (Wildman–Crippen MR) is 148 cm³/mol. The molecule has 0 radical (unpaired) electrons. The predicted octanol–water partition coefficient (Wildman–Crippen LogP) is 10.5. The molecule has 38 heavy (non-hydrogen) atoms. The van der Waals surface area contributed by atoms with Crippen LogP contribution in [0.3, 0.4) is 0 Å². The van der Waals surface area contributed by atoms with Gasteiger partial charge in [-0.3, -0.25) is 0 Å². The van der Waals surface area contributed by atoms with Crippen molar-refractivity contribution in [1.82, 2.24) is 0 Å². The van der Waals surface area contributed by atoms with Crippen LogP contribution in [0.25, 0.3) is 11.1 Å². The van der Waals surface area contributed by atoms with Crippen molar-refractivity contribution in [2.45, 2.75) is 96.8 Å².